The summed E-state index contributed by atoms with van der Waals surface area (Å²) in [5.41, 5.74) is 3.42. The first-order chi connectivity index (χ1) is 15.9. The summed E-state index contributed by atoms with van der Waals surface area (Å²) < 4.78 is 27.7. The number of nitrogens with one attached hydrogen (secondary N) is 1. The van der Waals surface area contributed by atoms with Crippen molar-refractivity contribution in [3.05, 3.63) is 95.1 Å². The van der Waals surface area contributed by atoms with E-state index in [-0.39, 0.29) is 18.3 Å². The third-order valence-corrected chi connectivity index (χ3v) is 7.38. The van der Waals surface area contributed by atoms with Crippen LogP contribution in [0, 0.1) is 18.6 Å². The van der Waals surface area contributed by atoms with Crippen molar-refractivity contribution >= 4 is 35.1 Å². The summed E-state index contributed by atoms with van der Waals surface area (Å²) in [4.78, 5) is 28.8. The predicted octanol–water partition coefficient (Wildman–Crippen LogP) is 5.25. The van der Waals surface area contributed by atoms with Gasteiger partial charge in [0.25, 0.3) is 5.91 Å². The quantitative estimate of drug-likeness (QED) is 0.575. The molecule has 1 N–H and O–H groups in total. The molecule has 1 spiro atoms. The number of urea groups is 1. The Morgan fingerprint density at radius 1 is 1.03 bits per heavy atom. The van der Waals surface area contributed by atoms with Gasteiger partial charge >= 0.3 is 6.03 Å². The molecule has 2 aliphatic heterocycles. The van der Waals surface area contributed by atoms with E-state index in [1.165, 1.54) is 40.9 Å². The molecule has 1 saturated heterocycles. The number of fused-ring (bicyclic) bond motifs is 2. The second kappa shape index (κ2) is 8.19. The van der Waals surface area contributed by atoms with Crippen LogP contribution >= 0.6 is 11.8 Å². The number of benzene rings is 3. The van der Waals surface area contributed by atoms with Crippen molar-refractivity contribution in [2.24, 2.45) is 0 Å². The lowest BCUT2D eigenvalue weighted by Gasteiger charge is -2.33. The first kappa shape index (κ1) is 21.5. The van der Waals surface area contributed by atoms with E-state index < -0.39 is 16.7 Å². The average Bonchev–Trinajstić information content (AvgIpc) is 3.34. The predicted molar refractivity (Wildman–Crippen MR) is 125 cm³/mol. The molecule has 0 saturated carbocycles. The molecule has 3 aromatic carbocycles. The number of rotatable bonds is 3. The van der Waals surface area contributed by atoms with Gasteiger partial charge in [0, 0.05) is 23.5 Å². The molecule has 2 aliphatic rings. The zero-order chi connectivity index (χ0) is 23.2. The fourth-order valence-corrected chi connectivity index (χ4v) is 5.80. The Bertz CT molecular complexity index is 1230. The maximum Gasteiger partial charge on any atom is 0.323 e. The smallest absolute Gasteiger partial charge is 0.308 e. The highest BCUT2D eigenvalue weighted by Crippen LogP contribution is 2.54. The Kier molecular flexibility index (Phi) is 5.32. The van der Waals surface area contributed by atoms with Gasteiger partial charge in [0.15, 0.2) is 4.87 Å². The van der Waals surface area contributed by atoms with Crippen LogP contribution in [0.3, 0.4) is 0 Å². The highest BCUT2D eigenvalue weighted by Gasteiger charge is 2.59. The zero-order valence-corrected chi connectivity index (χ0v) is 18.7. The van der Waals surface area contributed by atoms with E-state index in [0.717, 1.165) is 11.1 Å². The lowest BCUT2D eigenvalue weighted by atomic mass is 10.1. The van der Waals surface area contributed by atoms with Gasteiger partial charge in [-0.05, 0) is 55.0 Å². The Labute approximate surface area is 194 Å². The molecule has 0 unspecified atom stereocenters. The number of amides is 3. The fraction of sp³-hybridized carbons (Fsp3) is 0.200. The third kappa shape index (κ3) is 3.64. The Balaban J connectivity index is 1.52. The number of hydrogen-bond donors (Lipinski definition) is 1. The number of thioether (sulfide) groups is 1. The lowest BCUT2D eigenvalue weighted by Crippen LogP contribution is -2.51. The van der Waals surface area contributed by atoms with Crippen molar-refractivity contribution in [1.82, 2.24) is 4.90 Å². The van der Waals surface area contributed by atoms with Gasteiger partial charge in [-0.15, -0.1) is 11.8 Å². The average molecular weight is 466 g/mol. The monoisotopic (exact) mass is 465 g/mol. The van der Waals surface area contributed by atoms with Crippen molar-refractivity contribution in [2.45, 2.75) is 18.3 Å². The molecule has 0 aliphatic carbocycles. The standard InChI is InChI=1S/C25H21F2N3O2S/c1-16-2-9-20(10-3-16)28-24(32)30-12-13-33-25(30)21-14-19(27)8-11-22(21)29(23(25)31)15-17-4-6-18(26)7-5-17/h2-11,14H,12-13,15H2,1H3,(H,28,32)/t25-/m1/s1. The van der Waals surface area contributed by atoms with Gasteiger partial charge in [0.05, 0.1) is 12.2 Å². The molecule has 3 aromatic rings. The van der Waals surface area contributed by atoms with E-state index in [9.17, 15) is 18.4 Å². The molecule has 168 valence electrons. The fourth-order valence-electron chi connectivity index (χ4n) is 4.34. The number of carbonyl (C=O) groups is 2. The molecule has 33 heavy (non-hydrogen) atoms. The van der Waals surface area contributed by atoms with E-state index in [1.54, 1.807) is 35.2 Å². The first-order valence-corrected chi connectivity index (χ1v) is 11.5. The van der Waals surface area contributed by atoms with Crippen molar-refractivity contribution in [2.75, 3.05) is 22.5 Å². The molecule has 0 aromatic heterocycles. The van der Waals surface area contributed by atoms with Crippen molar-refractivity contribution in [3.8, 4) is 0 Å². The van der Waals surface area contributed by atoms with Gasteiger partial charge in [0.1, 0.15) is 11.6 Å². The van der Waals surface area contributed by atoms with E-state index in [4.69, 9.17) is 0 Å². The second-order valence-corrected chi connectivity index (χ2v) is 9.41. The summed E-state index contributed by atoms with van der Waals surface area (Å²) in [5, 5.41) is 2.87. The highest BCUT2D eigenvalue weighted by atomic mass is 32.2. The van der Waals surface area contributed by atoms with Crippen LogP contribution in [0.5, 0.6) is 0 Å². The summed E-state index contributed by atoms with van der Waals surface area (Å²) in [6, 6.07) is 17.1. The van der Waals surface area contributed by atoms with Gasteiger partial charge in [-0.3, -0.25) is 9.69 Å². The van der Waals surface area contributed by atoms with Gasteiger partial charge < -0.3 is 10.2 Å². The number of nitrogens with zero attached hydrogens (tertiary/aromatic N) is 2. The minimum atomic E-state index is -1.35. The van der Waals surface area contributed by atoms with Gasteiger partial charge in [-0.1, -0.05) is 29.8 Å². The minimum absolute atomic E-state index is 0.188. The minimum Gasteiger partial charge on any atom is -0.308 e. The number of carbonyl (C=O) groups excluding carboxylic acids is 2. The largest absolute Gasteiger partial charge is 0.323 e. The van der Waals surface area contributed by atoms with Crippen LogP contribution in [0.25, 0.3) is 0 Å². The van der Waals surface area contributed by atoms with Gasteiger partial charge in [0.2, 0.25) is 0 Å². The molecule has 5 nitrogen and oxygen atoms in total. The molecule has 1 fully saturated rings. The van der Waals surface area contributed by atoms with Crippen LogP contribution < -0.4 is 10.2 Å². The molecular weight excluding hydrogens is 444 g/mol. The number of halogens is 2. The van der Waals surface area contributed by atoms with E-state index in [2.05, 4.69) is 5.32 Å². The Morgan fingerprint density at radius 3 is 2.45 bits per heavy atom. The molecule has 1 atom stereocenters. The molecule has 8 heteroatoms. The zero-order valence-electron chi connectivity index (χ0n) is 17.8. The molecule has 2 heterocycles. The first-order valence-electron chi connectivity index (χ1n) is 10.5. The van der Waals surface area contributed by atoms with Crippen LogP contribution in [-0.4, -0.2) is 29.1 Å². The number of anilines is 2. The summed E-state index contributed by atoms with van der Waals surface area (Å²) in [6.07, 6.45) is 0. The van der Waals surface area contributed by atoms with Crippen molar-refractivity contribution < 1.29 is 18.4 Å². The van der Waals surface area contributed by atoms with Crippen LogP contribution in [0.1, 0.15) is 16.7 Å². The summed E-state index contributed by atoms with van der Waals surface area (Å²) in [6.45, 7) is 2.48. The van der Waals surface area contributed by atoms with E-state index >= 15 is 0 Å². The Morgan fingerprint density at radius 2 is 1.73 bits per heavy atom. The second-order valence-electron chi connectivity index (χ2n) is 8.12. The van der Waals surface area contributed by atoms with Crippen LogP contribution in [0.15, 0.2) is 66.7 Å². The molecule has 5 rings (SSSR count). The van der Waals surface area contributed by atoms with Crippen molar-refractivity contribution in [3.63, 3.8) is 0 Å². The number of hydrogen-bond acceptors (Lipinski definition) is 3. The van der Waals surface area contributed by atoms with E-state index in [1.807, 2.05) is 19.1 Å². The topological polar surface area (TPSA) is 52.7 Å². The number of aryl methyl sites for hydroxylation is 1. The van der Waals surface area contributed by atoms with Crippen LogP contribution in [0.4, 0.5) is 25.0 Å². The van der Waals surface area contributed by atoms with E-state index in [0.29, 0.717) is 29.2 Å². The van der Waals surface area contributed by atoms with Crippen molar-refractivity contribution in [1.29, 1.82) is 0 Å². The molecule has 3 amide bonds. The normalized spacial score (nSPS) is 19.3. The Hall–Kier alpha value is -3.39. The lowest BCUT2D eigenvalue weighted by molar-refractivity contribution is -0.123. The molecular formula is C25H21F2N3O2S. The summed E-state index contributed by atoms with van der Waals surface area (Å²) >= 11 is 1.33. The van der Waals surface area contributed by atoms with Crippen LogP contribution in [0.2, 0.25) is 0 Å². The summed E-state index contributed by atoms with van der Waals surface area (Å²) in [7, 11) is 0. The van der Waals surface area contributed by atoms with Gasteiger partial charge in [-0.25, -0.2) is 13.6 Å². The summed E-state index contributed by atoms with van der Waals surface area (Å²) in [5.74, 6) is -0.617. The molecule has 0 radical (unpaired) electrons. The maximum atomic E-state index is 14.3. The van der Waals surface area contributed by atoms with Crippen LogP contribution in [-0.2, 0) is 16.2 Å². The maximum absolute atomic E-state index is 14.3. The SMILES string of the molecule is Cc1ccc(NC(=O)N2CCS[C@]23C(=O)N(Cc2ccc(F)cc2)c2ccc(F)cc23)cc1. The molecule has 0 bridgehead atoms. The third-order valence-electron chi connectivity index (χ3n) is 5.96. The van der Waals surface area contributed by atoms with Gasteiger partial charge in [-0.2, -0.15) is 0 Å². The highest BCUT2D eigenvalue weighted by molar-refractivity contribution is 8.01.